The van der Waals surface area contributed by atoms with Crippen LogP contribution in [0.15, 0.2) is 42.5 Å². The molecule has 1 nitrogen and oxygen atoms in total. The van der Waals surface area contributed by atoms with Gasteiger partial charge in [0.2, 0.25) is 0 Å². The first-order chi connectivity index (χ1) is 9.26. The van der Waals surface area contributed by atoms with Gasteiger partial charge in [-0.3, -0.25) is 4.39 Å². The van der Waals surface area contributed by atoms with Gasteiger partial charge in [0.1, 0.15) is 0 Å². The van der Waals surface area contributed by atoms with Gasteiger partial charge in [-0.05, 0) is 24.8 Å². The highest BCUT2D eigenvalue weighted by molar-refractivity contribution is 7.97. The van der Waals surface area contributed by atoms with Gasteiger partial charge in [0, 0.05) is 18.8 Å². The van der Waals surface area contributed by atoms with E-state index in [1.807, 2.05) is 18.0 Å². The lowest BCUT2D eigenvalue weighted by Gasteiger charge is -2.21. The average Bonchev–Trinajstić information content (AvgIpc) is 2.40. The maximum absolute atomic E-state index is 12.3. The number of halogens is 1. The lowest BCUT2D eigenvalue weighted by atomic mass is 10.2. The van der Waals surface area contributed by atoms with E-state index < -0.39 is 0 Å². The fourth-order valence-corrected chi connectivity index (χ4v) is 3.01. The van der Waals surface area contributed by atoms with Crippen molar-refractivity contribution in [2.75, 3.05) is 25.5 Å². The topological polar surface area (TPSA) is 3.24 Å². The molecule has 0 saturated heterocycles. The van der Waals surface area contributed by atoms with Gasteiger partial charge < -0.3 is 0 Å². The van der Waals surface area contributed by atoms with Crippen LogP contribution >= 0.6 is 11.9 Å². The number of aryl methyl sites for hydroxylation is 1. The van der Waals surface area contributed by atoms with E-state index in [2.05, 4.69) is 42.1 Å². The number of nitrogens with zero attached hydrogens (tertiary/aromatic N) is 1. The highest BCUT2D eigenvalue weighted by Crippen LogP contribution is 2.16. The quantitative estimate of drug-likeness (QED) is 0.459. The summed E-state index contributed by atoms with van der Waals surface area (Å²) in [6.45, 7) is 7.64. The average molecular weight is 281 g/mol. The minimum atomic E-state index is -0.298. The normalized spacial score (nSPS) is 10.9. The van der Waals surface area contributed by atoms with Crippen LogP contribution in [0.2, 0.25) is 0 Å². The van der Waals surface area contributed by atoms with Crippen LogP contribution in [0, 0.1) is 0 Å². The summed E-state index contributed by atoms with van der Waals surface area (Å²) in [5, 5.41) is 0. The molecule has 0 atom stereocenters. The van der Waals surface area contributed by atoms with E-state index in [4.69, 9.17) is 0 Å². The van der Waals surface area contributed by atoms with Gasteiger partial charge >= 0.3 is 0 Å². The smallest absolute Gasteiger partial charge is 0.0931 e. The second-order valence-electron chi connectivity index (χ2n) is 4.62. The molecule has 1 aromatic rings. The third kappa shape index (κ3) is 7.38. The lowest BCUT2D eigenvalue weighted by Crippen LogP contribution is -2.20. The number of benzene rings is 1. The van der Waals surface area contributed by atoms with E-state index in [0.29, 0.717) is 6.42 Å². The molecule has 0 aromatic heterocycles. The predicted octanol–water partition coefficient (Wildman–Crippen LogP) is 4.51. The molecule has 0 aliphatic heterocycles. The summed E-state index contributed by atoms with van der Waals surface area (Å²) < 4.78 is 14.6. The Morgan fingerprint density at radius 3 is 2.68 bits per heavy atom. The van der Waals surface area contributed by atoms with Crippen LogP contribution in [-0.4, -0.2) is 29.8 Å². The predicted molar refractivity (Wildman–Crippen MR) is 84.2 cm³/mol. The van der Waals surface area contributed by atoms with Gasteiger partial charge in [0.15, 0.2) is 0 Å². The summed E-state index contributed by atoms with van der Waals surface area (Å²) in [6.07, 6.45) is 2.67. The van der Waals surface area contributed by atoms with Crippen molar-refractivity contribution in [3.05, 3.63) is 48.0 Å². The van der Waals surface area contributed by atoms with Gasteiger partial charge in [0.05, 0.1) is 6.67 Å². The minimum absolute atomic E-state index is 0.298. The zero-order valence-electron chi connectivity index (χ0n) is 11.8. The summed E-state index contributed by atoms with van der Waals surface area (Å²) in [6, 6.07) is 10.5. The molecular weight excluding hydrogens is 257 g/mol. The van der Waals surface area contributed by atoms with Crippen molar-refractivity contribution in [2.24, 2.45) is 0 Å². The van der Waals surface area contributed by atoms with Crippen molar-refractivity contribution in [1.82, 2.24) is 4.31 Å². The molecule has 1 aromatic carbocycles. The number of hydrogen-bond acceptors (Lipinski definition) is 2. The van der Waals surface area contributed by atoms with Crippen LogP contribution in [-0.2, 0) is 6.42 Å². The Kier molecular flexibility index (Phi) is 8.59. The summed E-state index contributed by atoms with van der Waals surface area (Å²) in [5.41, 5.74) is 2.36. The van der Waals surface area contributed by atoms with Gasteiger partial charge in [-0.15, -0.1) is 0 Å². The minimum Gasteiger partial charge on any atom is -0.251 e. The van der Waals surface area contributed by atoms with E-state index in [1.54, 1.807) is 0 Å². The molecule has 0 aliphatic carbocycles. The first kappa shape index (κ1) is 16.3. The van der Waals surface area contributed by atoms with Crippen LogP contribution in [0.25, 0.3) is 0 Å². The van der Waals surface area contributed by atoms with E-state index in [-0.39, 0.29) is 6.67 Å². The maximum Gasteiger partial charge on any atom is 0.0931 e. The van der Waals surface area contributed by atoms with E-state index in [0.717, 1.165) is 37.3 Å². The Morgan fingerprint density at radius 1 is 1.32 bits per heavy atom. The van der Waals surface area contributed by atoms with Gasteiger partial charge in [0.25, 0.3) is 0 Å². The molecular formula is C16H24FNS. The lowest BCUT2D eigenvalue weighted by molar-refractivity contribution is 0.461. The van der Waals surface area contributed by atoms with Crippen molar-refractivity contribution >= 4 is 11.9 Å². The molecule has 106 valence electrons. The Morgan fingerprint density at radius 2 is 2.05 bits per heavy atom. The summed E-state index contributed by atoms with van der Waals surface area (Å²) in [5.74, 6) is 1.06. The molecule has 0 radical (unpaired) electrons. The van der Waals surface area contributed by atoms with E-state index in [9.17, 15) is 4.39 Å². The number of alkyl halides is 1. The Labute approximate surface area is 121 Å². The van der Waals surface area contributed by atoms with Crippen molar-refractivity contribution in [2.45, 2.75) is 26.2 Å². The van der Waals surface area contributed by atoms with E-state index in [1.165, 1.54) is 5.56 Å². The second kappa shape index (κ2) is 10.0. The Bertz CT molecular complexity index is 353. The Hall–Kier alpha value is -0.800. The van der Waals surface area contributed by atoms with Crippen LogP contribution in [0.1, 0.15) is 25.3 Å². The van der Waals surface area contributed by atoms with E-state index >= 15 is 0 Å². The third-order valence-electron chi connectivity index (χ3n) is 2.83. The maximum atomic E-state index is 12.3. The molecule has 0 aliphatic rings. The first-order valence-electron chi connectivity index (χ1n) is 6.90. The molecule has 1 rings (SSSR count). The number of rotatable bonds is 10. The summed E-state index contributed by atoms with van der Waals surface area (Å²) in [4.78, 5) is 0. The Balaban J connectivity index is 2.30. The second-order valence-corrected chi connectivity index (χ2v) is 5.80. The molecule has 0 fully saturated rings. The molecule has 0 saturated carbocycles. The molecule has 0 bridgehead atoms. The highest BCUT2D eigenvalue weighted by Gasteiger charge is 2.06. The van der Waals surface area contributed by atoms with Crippen molar-refractivity contribution in [3.8, 4) is 0 Å². The van der Waals surface area contributed by atoms with Crippen molar-refractivity contribution in [1.29, 1.82) is 0 Å². The van der Waals surface area contributed by atoms with Gasteiger partial charge in [-0.1, -0.05) is 61.4 Å². The fraction of sp³-hybridized carbons (Fsp3) is 0.500. The molecule has 0 spiro atoms. The first-order valence-corrected chi connectivity index (χ1v) is 7.85. The molecule has 0 amide bonds. The molecule has 0 heterocycles. The summed E-state index contributed by atoms with van der Waals surface area (Å²) >= 11 is 1.85. The number of hydrogen-bond donors (Lipinski definition) is 0. The monoisotopic (exact) mass is 281 g/mol. The van der Waals surface area contributed by atoms with Crippen LogP contribution in [0.5, 0.6) is 0 Å². The van der Waals surface area contributed by atoms with Crippen LogP contribution in [0.4, 0.5) is 4.39 Å². The third-order valence-corrected chi connectivity index (χ3v) is 3.89. The molecule has 0 N–H and O–H groups in total. The SMILES string of the molecule is C=C(CCF)CN(CCC)SCCc1ccccc1. The zero-order valence-corrected chi connectivity index (χ0v) is 12.6. The molecule has 3 heteroatoms. The van der Waals surface area contributed by atoms with Crippen molar-refractivity contribution < 1.29 is 4.39 Å². The highest BCUT2D eigenvalue weighted by atomic mass is 32.2. The van der Waals surface area contributed by atoms with Gasteiger partial charge in [-0.25, -0.2) is 4.31 Å². The largest absolute Gasteiger partial charge is 0.251 e. The van der Waals surface area contributed by atoms with Crippen molar-refractivity contribution in [3.63, 3.8) is 0 Å². The standard InChI is InChI=1S/C16H24FNS/c1-3-12-18(14-15(2)9-11-17)19-13-10-16-7-5-4-6-8-16/h4-8H,2-3,9-14H2,1H3. The van der Waals surface area contributed by atoms with Gasteiger partial charge in [-0.2, -0.15) is 0 Å². The van der Waals surface area contributed by atoms with Crippen LogP contribution < -0.4 is 0 Å². The zero-order chi connectivity index (χ0) is 13.9. The fourth-order valence-electron chi connectivity index (χ4n) is 1.84. The van der Waals surface area contributed by atoms with Crippen LogP contribution in [0.3, 0.4) is 0 Å². The molecule has 0 unspecified atom stereocenters. The summed E-state index contributed by atoms with van der Waals surface area (Å²) in [7, 11) is 0. The molecule has 19 heavy (non-hydrogen) atoms.